The Morgan fingerprint density at radius 1 is 0.833 bits per heavy atom. The topological polar surface area (TPSA) is 3.24 Å². The van der Waals surface area contributed by atoms with E-state index in [-0.39, 0.29) is 11.0 Å². The summed E-state index contributed by atoms with van der Waals surface area (Å²) in [5.41, 5.74) is 0.0839. The normalized spacial score (nSPS) is 12.7. The van der Waals surface area contributed by atoms with Crippen LogP contribution in [0, 0.1) is 17.3 Å². The van der Waals surface area contributed by atoms with Crippen molar-refractivity contribution in [3.8, 4) is 11.8 Å². The summed E-state index contributed by atoms with van der Waals surface area (Å²) in [4.78, 5) is 2.13. The SMILES string of the molecule is CN(C)C(C)(C)C#CC(C)(C)C. The van der Waals surface area contributed by atoms with Gasteiger partial charge in [-0.3, -0.25) is 4.90 Å². The second-order valence-electron chi connectivity index (χ2n) is 4.95. The quantitative estimate of drug-likeness (QED) is 0.542. The molecule has 0 aromatic carbocycles. The van der Waals surface area contributed by atoms with Crippen molar-refractivity contribution in [2.75, 3.05) is 14.1 Å². The van der Waals surface area contributed by atoms with Crippen LogP contribution in [0.5, 0.6) is 0 Å². The third-order valence-corrected chi connectivity index (χ3v) is 1.86. The Labute approximate surface area is 77.1 Å². The van der Waals surface area contributed by atoms with Crippen LogP contribution < -0.4 is 0 Å². The van der Waals surface area contributed by atoms with E-state index >= 15 is 0 Å². The molecule has 1 nitrogen and oxygen atoms in total. The molecule has 0 aliphatic heterocycles. The van der Waals surface area contributed by atoms with Gasteiger partial charge in [0.15, 0.2) is 0 Å². The lowest BCUT2D eigenvalue weighted by Crippen LogP contribution is -2.36. The van der Waals surface area contributed by atoms with Crippen LogP contribution in [0.3, 0.4) is 0 Å². The molecule has 12 heavy (non-hydrogen) atoms. The van der Waals surface area contributed by atoms with Crippen molar-refractivity contribution in [1.82, 2.24) is 4.90 Å². The highest BCUT2D eigenvalue weighted by atomic mass is 15.1. The van der Waals surface area contributed by atoms with E-state index in [2.05, 4.69) is 65.5 Å². The fourth-order valence-electron chi connectivity index (χ4n) is 0.452. The summed E-state index contributed by atoms with van der Waals surface area (Å²) >= 11 is 0. The number of hydrogen-bond acceptors (Lipinski definition) is 1. The Morgan fingerprint density at radius 3 is 1.50 bits per heavy atom. The minimum atomic E-state index is -0.0206. The maximum absolute atomic E-state index is 3.27. The lowest BCUT2D eigenvalue weighted by molar-refractivity contribution is 0.263. The molecule has 0 aromatic rings. The first kappa shape index (κ1) is 11.5. The molecule has 0 N–H and O–H groups in total. The molecule has 0 atom stereocenters. The van der Waals surface area contributed by atoms with Crippen LogP contribution in [0.1, 0.15) is 34.6 Å². The van der Waals surface area contributed by atoms with Crippen molar-refractivity contribution in [3.05, 3.63) is 0 Å². The van der Waals surface area contributed by atoms with E-state index in [1.54, 1.807) is 0 Å². The average molecular weight is 167 g/mol. The van der Waals surface area contributed by atoms with Crippen LogP contribution in [0.2, 0.25) is 0 Å². The van der Waals surface area contributed by atoms with E-state index in [0.29, 0.717) is 0 Å². The summed E-state index contributed by atoms with van der Waals surface area (Å²) < 4.78 is 0. The number of rotatable bonds is 1. The van der Waals surface area contributed by atoms with Crippen molar-refractivity contribution >= 4 is 0 Å². The summed E-state index contributed by atoms with van der Waals surface area (Å²) in [6.07, 6.45) is 0. The van der Waals surface area contributed by atoms with Crippen molar-refractivity contribution in [2.24, 2.45) is 5.41 Å². The zero-order valence-corrected chi connectivity index (χ0v) is 9.45. The van der Waals surface area contributed by atoms with Gasteiger partial charge in [0, 0.05) is 5.41 Å². The Kier molecular flexibility index (Phi) is 3.35. The fourth-order valence-corrected chi connectivity index (χ4v) is 0.452. The van der Waals surface area contributed by atoms with Gasteiger partial charge in [-0.1, -0.05) is 11.8 Å². The second-order valence-corrected chi connectivity index (χ2v) is 4.95. The van der Waals surface area contributed by atoms with Crippen LogP contribution in [0.25, 0.3) is 0 Å². The monoisotopic (exact) mass is 167 g/mol. The molecule has 0 radical (unpaired) electrons. The maximum atomic E-state index is 3.27. The van der Waals surface area contributed by atoms with Gasteiger partial charge in [0.1, 0.15) is 0 Å². The number of hydrogen-bond donors (Lipinski definition) is 0. The van der Waals surface area contributed by atoms with Crippen LogP contribution in [-0.2, 0) is 0 Å². The summed E-state index contributed by atoms with van der Waals surface area (Å²) in [5.74, 6) is 6.53. The minimum Gasteiger partial charge on any atom is -0.294 e. The van der Waals surface area contributed by atoms with Crippen LogP contribution in [0.4, 0.5) is 0 Å². The predicted molar refractivity (Wildman–Crippen MR) is 55.0 cm³/mol. The third kappa shape index (κ3) is 4.41. The first-order valence-corrected chi connectivity index (χ1v) is 4.37. The summed E-state index contributed by atoms with van der Waals surface area (Å²) in [6.45, 7) is 10.7. The summed E-state index contributed by atoms with van der Waals surface area (Å²) in [6, 6.07) is 0. The lowest BCUT2D eigenvalue weighted by atomic mass is 9.95. The highest BCUT2D eigenvalue weighted by Gasteiger charge is 2.17. The predicted octanol–water partition coefficient (Wildman–Crippen LogP) is 2.38. The molecule has 0 rings (SSSR count). The van der Waals surface area contributed by atoms with Crippen molar-refractivity contribution in [3.63, 3.8) is 0 Å². The Bertz CT molecular complexity index is 195. The van der Waals surface area contributed by atoms with E-state index in [4.69, 9.17) is 0 Å². The lowest BCUT2D eigenvalue weighted by Gasteiger charge is -2.27. The molecule has 0 fully saturated rings. The molecular formula is C11H21N. The molecule has 0 aliphatic carbocycles. The van der Waals surface area contributed by atoms with Gasteiger partial charge < -0.3 is 0 Å². The Morgan fingerprint density at radius 2 is 1.25 bits per heavy atom. The molecule has 0 heterocycles. The van der Waals surface area contributed by atoms with Crippen molar-refractivity contribution < 1.29 is 0 Å². The van der Waals surface area contributed by atoms with Gasteiger partial charge in [-0.25, -0.2) is 0 Å². The van der Waals surface area contributed by atoms with Crippen LogP contribution in [0.15, 0.2) is 0 Å². The van der Waals surface area contributed by atoms with Crippen molar-refractivity contribution in [2.45, 2.75) is 40.2 Å². The van der Waals surface area contributed by atoms with E-state index in [0.717, 1.165) is 0 Å². The summed E-state index contributed by atoms with van der Waals surface area (Å²) in [7, 11) is 4.11. The molecule has 0 saturated carbocycles. The fraction of sp³-hybridized carbons (Fsp3) is 0.818. The molecule has 0 bridgehead atoms. The van der Waals surface area contributed by atoms with E-state index in [1.807, 2.05) is 0 Å². The molecule has 0 unspecified atom stereocenters. The molecule has 1 heteroatoms. The minimum absolute atomic E-state index is 0.0206. The molecular weight excluding hydrogens is 146 g/mol. The van der Waals surface area contributed by atoms with Gasteiger partial charge in [0.25, 0.3) is 0 Å². The third-order valence-electron chi connectivity index (χ3n) is 1.86. The second kappa shape index (κ2) is 3.49. The van der Waals surface area contributed by atoms with Gasteiger partial charge in [-0.15, -0.1) is 0 Å². The Hall–Kier alpha value is -0.480. The largest absolute Gasteiger partial charge is 0.294 e. The van der Waals surface area contributed by atoms with Gasteiger partial charge in [-0.2, -0.15) is 0 Å². The highest BCUT2D eigenvalue weighted by molar-refractivity contribution is 5.17. The first-order chi connectivity index (χ1) is 5.15. The van der Waals surface area contributed by atoms with E-state index in [9.17, 15) is 0 Å². The summed E-state index contributed by atoms with van der Waals surface area (Å²) in [5, 5.41) is 0. The smallest absolute Gasteiger partial charge is 0.0764 e. The maximum Gasteiger partial charge on any atom is 0.0764 e. The van der Waals surface area contributed by atoms with E-state index in [1.165, 1.54) is 0 Å². The van der Waals surface area contributed by atoms with E-state index < -0.39 is 0 Å². The van der Waals surface area contributed by atoms with Gasteiger partial charge in [0.05, 0.1) is 5.54 Å². The molecule has 0 spiro atoms. The van der Waals surface area contributed by atoms with Gasteiger partial charge in [-0.05, 0) is 48.7 Å². The molecule has 70 valence electrons. The molecule has 0 saturated heterocycles. The highest BCUT2D eigenvalue weighted by Crippen LogP contribution is 2.13. The van der Waals surface area contributed by atoms with Crippen molar-refractivity contribution in [1.29, 1.82) is 0 Å². The Balaban J connectivity index is 4.50. The zero-order chi connectivity index (χ0) is 9.99. The van der Waals surface area contributed by atoms with Gasteiger partial charge >= 0.3 is 0 Å². The first-order valence-electron chi connectivity index (χ1n) is 4.37. The van der Waals surface area contributed by atoms with Crippen LogP contribution >= 0.6 is 0 Å². The average Bonchev–Trinajstić information content (AvgIpc) is 1.82. The zero-order valence-electron chi connectivity index (χ0n) is 9.45. The molecule has 0 aromatic heterocycles. The standard InChI is InChI=1S/C11H21N/c1-10(2,3)8-9-11(4,5)12(6)7/h1-7H3. The van der Waals surface area contributed by atoms with Crippen LogP contribution in [-0.4, -0.2) is 24.5 Å². The molecule has 0 aliphatic rings. The van der Waals surface area contributed by atoms with Gasteiger partial charge in [0.2, 0.25) is 0 Å². The number of nitrogens with zero attached hydrogens (tertiary/aromatic N) is 1. The molecule has 0 amide bonds.